The van der Waals surface area contributed by atoms with Crippen molar-refractivity contribution in [1.82, 2.24) is 25.0 Å². The number of aryl methyl sites for hydroxylation is 1. The second kappa shape index (κ2) is 6.68. The minimum Gasteiger partial charge on any atom is -0.376 e. The molecule has 1 N–H and O–H groups in total. The van der Waals surface area contributed by atoms with Gasteiger partial charge in [0.05, 0.1) is 17.4 Å². The number of nitrogens with zero attached hydrogens (tertiary/aromatic N) is 5. The van der Waals surface area contributed by atoms with Crippen LogP contribution in [0.5, 0.6) is 0 Å². The Morgan fingerprint density at radius 3 is 2.70 bits per heavy atom. The smallest absolute Gasteiger partial charge is 0.274 e. The summed E-state index contributed by atoms with van der Waals surface area (Å²) in [5, 5.41) is 7.44. The lowest BCUT2D eigenvalue weighted by molar-refractivity contribution is -0.124. The van der Waals surface area contributed by atoms with Crippen molar-refractivity contribution in [3.63, 3.8) is 0 Å². The van der Waals surface area contributed by atoms with E-state index in [1.54, 1.807) is 15.8 Å². The highest BCUT2D eigenvalue weighted by molar-refractivity contribution is 5.98. The van der Waals surface area contributed by atoms with Crippen molar-refractivity contribution < 1.29 is 9.59 Å². The molecule has 2 atom stereocenters. The maximum atomic E-state index is 12.7. The molecule has 4 rings (SSSR count). The van der Waals surface area contributed by atoms with Gasteiger partial charge in [0.2, 0.25) is 5.91 Å². The summed E-state index contributed by atoms with van der Waals surface area (Å²) < 4.78 is 1.76. The average Bonchev–Trinajstić information content (AvgIpc) is 3.31. The Morgan fingerprint density at radius 1 is 1.26 bits per heavy atom. The Hall–Kier alpha value is -2.90. The molecule has 0 radical (unpaired) electrons. The molecule has 0 unspecified atom stereocenters. The van der Waals surface area contributed by atoms with Crippen LogP contribution in [0.1, 0.15) is 28.5 Å². The molecular formula is C19H24N6O2. The monoisotopic (exact) mass is 368 g/mol. The molecule has 3 heterocycles. The van der Waals surface area contributed by atoms with Crippen LogP contribution in [0.25, 0.3) is 0 Å². The zero-order valence-electron chi connectivity index (χ0n) is 15.8. The zero-order chi connectivity index (χ0) is 19.1. The first-order valence-electron chi connectivity index (χ1n) is 9.15. The number of likely N-dealkylation sites (tertiary alicyclic amines) is 1. The van der Waals surface area contributed by atoms with Crippen molar-refractivity contribution in [3.05, 3.63) is 42.0 Å². The SMILES string of the molecule is CN(C)c1cccnc1C(=O)N1CC(NC(=O)[C@@H]2C[C@H]2c2ccn(C)n2)C1. The van der Waals surface area contributed by atoms with Gasteiger partial charge in [0.1, 0.15) is 0 Å². The minimum absolute atomic E-state index is 0.000727. The highest BCUT2D eigenvalue weighted by Gasteiger charge is 2.46. The Morgan fingerprint density at radius 2 is 2.04 bits per heavy atom. The van der Waals surface area contributed by atoms with Gasteiger partial charge in [-0.25, -0.2) is 4.98 Å². The van der Waals surface area contributed by atoms with Crippen molar-refractivity contribution in [3.8, 4) is 0 Å². The average molecular weight is 368 g/mol. The van der Waals surface area contributed by atoms with Crippen LogP contribution in [0.3, 0.4) is 0 Å². The molecule has 2 fully saturated rings. The fourth-order valence-corrected chi connectivity index (χ4v) is 3.56. The van der Waals surface area contributed by atoms with Crippen LogP contribution in [0.4, 0.5) is 5.69 Å². The van der Waals surface area contributed by atoms with Crippen molar-refractivity contribution in [2.45, 2.75) is 18.4 Å². The second-order valence-electron chi connectivity index (χ2n) is 7.54. The Labute approximate surface area is 158 Å². The highest BCUT2D eigenvalue weighted by Crippen LogP contribution is 2.46. The molecule has 8 heteroatoms. The van der Waals surface area contributed by atoms with Crippen molar-refractivity contribution >= 4 is 17.5 Å². The lowest BCUT2D eigenvalue weighted by atomic mass is 10.1. The quantitative estimate of drug-likeness (QED) is 0.837. The fourth-order valence-electron chi connectivity index (χ4n) is 3.56. The first-order chi connectivity index (χ1) is 12.9. The zero-order valence-corrected chi connectivity index (χ0v) is 15.8. The number of carbonyl (C=O) groups is 2. The largest absolute Gasteiger partial charge is 0.376 e. The summed E-state index contributed by atoms with van der Waals surface area (Å²) in [6.45, 7) is 1.05. The van der Waals surface area contributed by atoms with Crippen LogP contribution in [-0.4, -0.2) is 64.7 Å². The van der Waals surface area contributed by atoms with Crippen LogP contribution in [0.15, 0.2) is 30.6 Å². The summed E-state index contributed by atoms with van der Waals surface area (Å²) in [6, 6.07) is 5.68. The minimum atomic E-state index is -0.0948. The molecule has 27 heavy (non-hydrogen) atoms. The number of amides is 2. The van der Waals surface area contributed by atoms with Crippen LogP contribution in [0.2, 0.25) is 0 Å². The molecule has 1 aliphatic heterocycles. The molecule has 1 saturated heterocycles. The molecule has 1 saturated carbocycles. The third-order valence-corrected chi connectivity index (χ3v) is 5.23. The van der Waals surface area contributed by atoms with Crippen molar-refractivity contribution in [2.75, 3.05) is 32.1 Å². The van der Waals surface area contributed by atoms with Crippen LogP contribution in [-0.2, 0) is 11.8 Å². The van der Waals surface area contributed by atoms with E-state index in [1.165, 1.54) is 0 Å². The van der Waals surface area contributed by atoms with Gasteiger partial charge in [0, 0.05) is 58.5 Å². The third-order valence-electron chi connectivity index (χ3n) is 5.23. The molecule has 0 spiro atoms. The van der Waals surface area contributed by atoms with Crippen LogP contribution in [0, 0.1) is 5.92 Å². The van der Waals surface area contributed by atoms with E-state index in [9.17, 15) is 9.59 Å². The Bertz CT molecular complexity index is 871. The second-order valence-corrected chi connectivity index (χ2v) is 7.54. The lowest BCUT2D eigenvalue weighted by Gasteiger charge is -2.39. The molecule has 1 aliphatic carbocycles. The van der Waals surface area contributed by atoms with E-state index in [1.807, 2.05) is 50.4 Å². The van der Waals surface area contributed by atoms with Gasteiger partial charge in [0.15, 0.2) is 5.69 Å². The van der Waals surface area contributed by atoms with E-state index in [-0.39, 0.29) is 29.7 Å². The Balaban J connectivity index is 1.29. The van der Waals surface area contributed by atoms with Crippen molar-refractivity contribution in [2.24, 2.45) is 13.0 Å². The van der Waals surface area contributed by atoms with Gasteiger partial charge in [-0.3, -0.25) is 14.3 Å². The highest BCUT2D eigenvalue weighted by atomic mass is 16.2. The molecule has 2 amide bonds. The van der Waals surface area contributed by atoms with Gasteiger partial charge in [-0.1, -0.05) is 0 Å². The standard InChI is InChI=1S/C19H24N6O2/c1-23(2)16-5-4-7-20-17(16)19(27)25-10-12(11-25)21-18(26)14-9-13(14)15-6-8-24(3)22-15/h4-8,12-14H,9-11H2,1-3H3,(H,21,26)/t13-,14-/m1/s1. The summed E-state index contributed by atoms with van der Waals surface area (Å²) in [6.07, 6.45) is 4.38. The number of aromatic nitrogens is 3. The molecule has 8 nitrogen and oxygen atoms in total. The predicted molar refractivity (Wildman–Crippen MR) is 100 cm³/mol. The summed E-state index contributed by atoms with van der Waals surface area (Å²) in [4.78, 5) is 33.0. The summed E-state index contributed by atoms with van der Waals surface area (Å²) in [7, 11) is 5.66. The first kappa shape index (κ1) is 17.5. The molecular weight excluding hydrogens is 344 g/mol. The first-order valence-corrected chi connectivity index (χ1v) is 9.15. The fraction of sp³-hybridized carbons (Fsp3) is 0.474. The van der Waals surface area contributed by atoms with Gasteiger partial charge in [-0.2, -0.15) is 5.10 Å². The summed E-state index contributed by atoms with van der Waals surface area (Å²) in [5.74, 6) is 0.193. The molecule has 0 aromatic carbocycles. The number of hydrogen-bond acceptors (Lipinski definition) is 5. The number of pyridine rings is 1. The lowest BCUT2D eigenvalue weighted by Crippen LogP contribution is -2.61. The number of carbonyl (C=O) groups excluding carboxylic acids is 2. The number of hydrogen-bond donors (Lipinski definition) is 1. The molecule has 2 aromatic heterocycles. The van der Waals surface area contributed by atoms with Gasteiger partial charge < -0.3 is 15.1 Å². The van der Waals surface area contributed by atoms with Gasteiger partial charge in [-0.05, 0) is 24.6 Å². The molecule has 2 aromatic rings. The van der Waals surface area contributed by atoms with E-state index >= 15 is 0 Å². The Kier molecular flexibility index (Phi) is 4.33. The van der Waals surface area contributed by atoms with E-state index in [2.05, 4.69) is 15.4 Å². The predicted octanol–water partition coefficient (Wildman–Crippen LogP) is 0.625. The molecule has 2 aliphatic rings. The van der Waals surface area contributed by atoms with Crippen LogP contribution >= 0.6 is 0 Å². The summed E-state index contributed by atoms with van der Waals surface area (Å²) >= 11 is 0. The third kappa shape index (κ3) is 3.39. The van der Waals surface area contributed by atoms with E-state index in [0.717, 1.165) is 17.8 Å². The van der Waals surface area contributed by atoms with Crippen molar-refractivity contribution in [1.29, 1.82) is 0 Å². The topological polar surface area (TPSA) is 83.4 Å². The number of anilines is 1. The normalized spacial score (nSPS) is 21.5. The van der Waals surface area contributed by atoms with Gasteiger partial charge in [-0.15, -0.1) is 0 Å². The maximum Gasteiger partial charge on any atom is 0.274 e. The number of rotatable bonds is 5. The van der Waals surface area contributed by atoms with Crippen LogP contribution < -0.4 is 10.2 Å². The molecule has 142 valence electrons. The van der Waals surface area contributed by atoms with E-state index < -0.39 is 0 Å². The van der Waals surface area contributed by atoms with E-state index in [0.29, 0.717) is 18.8 Å². The maximum absolute atomic E-state index is 12.7. The summed E-state index contributed by atoms with van der Waals surface area (Å²) in [5.41, 5.74) is 2.23. The molecule has 0 bridgehead atoms. The number of nitrogens with one attached hydrogen (secondary N) is 1. The van der Waals surface area contributed by atoms with E-state index in [4.69, 9.17) is 0 Å². The van der Waals surface area contributed by atoms with Gasteiger partial charge >= 0.3 is 0 Å². The van der Waals surface area contributed by atoms with Gasteiger partial charge in [0.25, 0.3) is 5.91 Å².